The number of hydrogen-bond donors (Lipinski definition) is 0. The zero-order valence-corrected chi connectivity index (χ0v) is 13.6. The molecule has 0 aromatic carbocycles. The lowest BCUT2D eigenvalue weighted by Gasteiger charge is -2.32. The molecule has 0 unspecified atom stereocenters. The largest absolute Gasteiger partial charge is 0.436 e. The average molecular weight is 328 g/mol. The smallest absolute Gasteiger partial charge is 0.248 e. The third-order valence-corrected chi connectivity index (χ3v) is 3.95. The van der Waals surface area contributed by atoms with Crippen LogP contribution in [0.2, 0.25) is 0 Å². The number of nitrogens with zero attached hydrogens (tertiary/aromatic N) is 4. The van der Waals surface area contributed by atoms with Crippen LogP contribution in [-0.4, -0.2) is 52.6 Å². The summed E-state index contributed by atoms with van der Waals surface area (Å²) in [7, 11) is 1.53. The van der Waals surface area contributed by atoms with Crippen molar-refractivity contribution < 1.29 is 14.3 Å². The van der Waals surface area contributed by atoms with Crippen LogP contribution in [0.15, 0.2) is 36.9 Å². The molecule has 1 saturated heterocycles. The van der Waals surface area contributed by atoms with Gasteiger partial charge in [0.05, 0.1) is 18.1 Å². The molecule has 7 nitrogen and oxygen atoms in total. The number of methoxy groups -OCH3 is 1. The van der Waals surface area contributed by atoms with Crippen LogP contribution in [0.3, 0.4) is 0 Å². The molecule has 1 aliphatic heterocycles. The second-order valence-electron chi connectivity index (χ2n) is 5.68. The fourth-order valence-electron chi connectivity index (χ4n) is 2.80. The van der Waals surface area contributed by atoms with Crippen LogP contribution < -0.4 is 4.74 Å². The molecule has 1 aliphatic rings. The summed E-state index contributed by atoms with van der Waals surface area (Å²) in [5.41, 5.74) is 0.839. The number of carbonyl (C=O) groups is 1. The molecule has 126 valence electrons. The highest BCUT2D eigenvalue weighted by Crippen LogP contribution is 2.27. The Morgan fingerprint density at radius 1 is 1.33 bits per heavy atom. The minimum atomic E-state index is 0.0120. The Balaban J connectivity index is 1.70. The van der Waals surface area contributed by atoms with E-state index in [4.69, 9.17) is 9.47 Å². The Kier molecular flexibility index (Phi) is 5.32. The van der Waals surface area contributed by atoms with Gasteiger partial charge in [0.15, 0.2) is 0 Å². The molecule has 7 heteroatoms. The lowest BCUT2D eigenvalue weighted by Crippen LogP contribution is -2.41. The predicted octanol–water partition coefficient (Wildman–Crippen LogP) is 2.02. The van der Waals surface area contributed by atoms with Crippen molar-refractivity contribution in [1.82, 2.24) is 19.9 Å². The quantitative estimate of drug-likeness (QED) is 0.835. The molecule has 0 radical (unpaired) electrons. The molecule has 3 rings (SSSR count). The SMILES string of the molecule is COCC(=O)N1CCC[C@@H](c2cncc(Oc3cccnc3)n2)C1. The third kappa shape index (κ3) is 4.05. The van der Waals surface area contributed by atoms with Gasteiger partial charge in [-0.2, -0.15) is 0 Å². The first-order chi connectivity index (χ1) is 11.8. The average Bonchev–Trinajstić information content (AvgIpc) is 2.63. The van der Waals surface area contributed by atoms with E-state index in [1.54, 1.807) is 30.9 Å². The molecule has 0 spiro atoms. The van der Waals surface area contributed by atoms with Crippen LogP contribution in [0, 0.1) is 0 Å². The number of likely N-dealkylation sites (tertiary alicyclic amines) is 1. The summed E-state index contributed by atoms with van der Waals surface area (Å²) in [5, 5.41) is 0. The van der Waals surface area contributed by atoms with Crippen LogP contribution in [0.4, 0.5) is 0 Å². The van der Waals surface area contributed by atoms with Crippen LogP contribution in [0.5, 0.6) is 11.6 Å². The number of aromatic nitrogens is 3. The normalized spacial score (nSPS) is 17.5. The van der Waals surface area contributed by atoms with Gasteiger partial charge in [-0.05, 0) is 25.0 Å². The molecule has 2 aromatic heterocycles. The number of ether oxygens (including phenoxy) is 2. The van der Waals surface area contributed by atoms with E-state index < -0.39 is 0 Å². The predicted molar refractivity (Wildman–Crippen MR) is 86.8 cm³/mol. The van der Waals surface area contributed by atoms with Crippen molar-refractivity contribution in [2.75, 3.05) is 26.8 Å². The summed E-state index contributed by atoms with van der Waals surface area (Å²) in [6.45, 7) is 1.51. The van der Waals surface area contributed by atoms with Gasteiger partial charge in [0, 0.05) is 38.5 Å². The highest BCUT2D eigenvalue weighted by atomic mass is 16.5. The highest BCUT2D eigenvalue weighted by Gasteiger charge is 2.26. The minimum Gasteiger partial charge on any atom is -0.436 e. The van der Waals surface area contributed by atoms with Crippen molar-refractivity contribution in [3.8, 4) is 11.6 Å². The second-order valence-corrected chi connectivity index (χ2v) is 5.68. The van der Waals surface area contributed by atoms with Gasteiger partial charge in [-0.15, -0.1) is 0 Å². The summed E-state index contributed by atoms with van der Waals surface area (Å²) < 4.78 is 10.6. The Labute approximate surface area is 140 Å². The maximum atomic E-state index is 12.0. The second kappa shape index (κ2) is 7.83. The van der Waals surface area contributed by atoms with Gasteiger partial charge < -0.3 is 14.4 Å². The molecule has 0 aliphatic carbocycles. The van der Waals surface area contributed by atoms with E-state index in [1.807, 2.05) is 11.0 Å². The van der Waals surface area contributed by atoms with Crippen LogP contribution in [0.25, 0.3) is 0 Å². The molecule has 0 saturated carbocycles. The lowest BCUT2D eigenvalue weighted by atomic mass is 9.95. The van der Waals surface area contributed by atoms with Gasteiger partial charge in [0.25, 0.3) is 0 Å². The Morgan fingerprint density at radius 3 is 3.04 bits per heavy atom. The topological polar surface area (TPSA) is 77.4 Å². The van der Waals surface area contributed by atoms with Crippen LogP contribution in [0.1, 0.15) is 24.5 Å². The Hall–Kier alpha value is -2.54. The van der Waals surface area contributed by atoms with Gasteiger partial charge in [-0.3, -0.25) is 14.8 Å². The molecule has 1 fully saturated rings. The van der Waals surface area contributed by atoms with E-state index in [9.17, 15) is 4.79 Å². The molecule has 0 bridgehead atoms. The molecular weight excluding hydrogens is 308 g/mol. The van der Waals surface area contributed by atoms with Gasteiger partial charge >= 0.3 is 0 Å². The van der Waals surface area contributed by atoms with Crippen molar-refractivity contribution >= 4 is 5.91 Å². The van der Waals surface area contributed by atoms with Crippen LogP contribution >= 0.6 is 0 Å². The van der Waals surface area contributed by atoms with Gasteiger partial charge in [0.1, 0.15) is 12.4 Å². The standard InChI is InChI=1S/C17H20N4O3/c1-23-12-17(22)21-7-3-4-13(11-21)15-9-19-10-16(20-15)24-14-5-2-6-18-8-14/h2,5-6,8-10,13H,3-4,7,11-12H2,1H3/t13-/m1/s1. The summed E-state index contributed by atoms with van der Waals surface area (Å²) in [4.78, 5) is 26.6. The number of rotatable bonds is 5. The Morgan fingerprint density at radius 2 is 2.25 bits per heavy atom. The third-order valence-electron chi connectivity index (χ3n) is 3.95. The summed E-state index contributed by atoms with van der Waals surface area (Å²) in [6.07, 6.45) is 8.54. The van der Waals surface area contributed by atoms with Crippen molar-refractivity contribution in [3.63, 3.8) is 0 Å². The number of piperidine rings is 1. The zero-order chi connectivity index (χ0) is 16.8. The number of carbonyl (C=O) groups excluding carboxylic acids is 1. The van der Waals surface area contributed by atoms with E-state index in [2.05, 4.69) is 15.0 Å². The summed E-state index contributed by atoms with van der Waals surface area (Å²) in [5.74, 6) is 1.22. The van der Waals surface area contributed by atoms with E-state index in [0.717, 1.165) is 25.1 Å². The maximum Gasteiger partial charge on any atom is 0.248 e. The first-order valence-electron chi connectivity index (χ1n) is 7.93. The highest BCUT2D eigenvalue weighted by molar-refractivity contribution is 5.77. The first kappa shape index (κ1) is 16.3. The van der Waals surface area contributed by atoms with Crippen molar-refractivity contribution in [2.24, 2.45) is 0 Å². The number of pyridine rings is 1. The molecule has 0 N–H and O–H groups in total. The van der Waals surface area contributed by atoms with E-state index in [1.165, 1.54) is 7.11 Å². The number of hydrogen-bond acceptors (Lipinski definition) is 6. The Bertz CT molecular complexity index is 681. The monoisotopic (exact) mass is 328 g/mol. The minimum absolute atomic E-state index is 0.0120. The fourth-order valence-corrected chi connectivity index (χ4v) is 2.80. The molecule has 24 heavy (non-hydrogen) atoms. The molecule has 1 atom stereocenters. The van der Waals surface area contributed by atoms with Gasteiger partial charge in [-0.1, -0.05) is 0 Å². The maximum absolute atomic E-state index is 12.0. The van der Waals surface area contributed by atoms with E-state index in [0.29, 0.717) is 18.2 Å². The molecule has 1 amide bonds. The molecule has 2 aromatic rings. The van der Waals surface area contributed by atoms with Crippen molar-refractivity contribution in [1.29, 1.82) is 0 Å². The zero-order valence-electron chi connectivity index (χ0n) is 13.6. The van der Waals surface area contributed by atoms with Gasteiger partial charge in [0.2, 0.25) is 11.8 Å². The van der Waals surface area contributed by atoms with E-state index >= 15 is 0 Å². The van der Waals surface area contributed by atoms with Crippen molar-refractivity contribution in [2.45, 2.75) is 18.8 Å². The van der Waals surface area contributed by atoms with Crippen molar-refractivity contribution in [3.05, 3.63) is 42.6 Å². The first-order valence-corrected chi connectivity index (χ1v) is 7.93. The lowest BCUT2D eigenvalue weighted by molar-refractivity contribution is -0.136. The summed E-state index contributed by atoms with van der Waals surface area (Å²) >= 11 is 0. The number of amides is 1. The van der Waals surface area contributed by atoms with Gasteiger partial charge in [-0.25, -0.2) is 4.98 Å². The molecule has 3 heterocycles. The molecular formula is C17H20N4O3. The van der Waals surface area contributed by atoms with Crippen LogP contribution in [-0.2, 0) is 9.53 Å². The summed E-state index contributed by atoms with van der Waals surface area (Å²) in [6, 6.07) is 3.61. The fraction of sp³-hybridized carbons (Fsp3) is 0.412. The van der Waals surface area contributed by atoms with E-state index in [-0.39, 0.29) is 18.4 Å².